The highest BCUT2D eigenvalue weighted by molar-refractivity contribution is 7.13. The lowest BCUT2D eigenvalue weighted by atomic mass is 9.45. The first-order chi connectivity index (χ1) is 15.1. The number of hydrogen-bond acceptors (Lipinski definition) is 4. The fraction of sp³-hybridized carbons (Fsp3) is 0.630. The molecule has 4 fully saturated rings. The number of pyridine rings is 1. The van der Waals surface area contributed by atoms with E-state index in [1.165, 1.54) is 50.5 Å². The molecule has 2 aromatic heterocycles. The number of rotatable bonds is 3. The van der Waals surface area contributed by atoms with E-state index in [0.717, 1.165) is 28.8 Å². The van der Waals surface area contributed by atoms with Crippen molar-refractivity contribution in [2.24, 2.45) is 39.9 Å². The van der Waals surface area contributed by atoms with Gasteiger partial charge in [0.25, 0.3) is 0 Å². The van der Waals surface area contributed by atoms with Gasteiger partial charge in [-0.05, 0) is 102 Å². The van der Waals surface area contributed by atoms with Crippen molar-refractivity contribution in [1.29, 1.82) is 0 Å². The Bertz CT molecular complexity index is 1030. The molecule has 5 aliphatic carbocycles. The number of fused-ring (bicyclic) bond motifs is 4. The van der Waals surface area contributed by atoms with Crippen LogP contribution in [0.25, 0.3) is 5.57 Å². The molecular formula is C27H33N3S. The van der Waals surface area contributed by atoms with Gasteiger partial charge < -0.3 is 5.32 Å². The van der Waals surface area contributed by atoms with Crippen LogP contribution in [-0.4, -0.2) is 16.0 Å². The largest absolute Gasteiger partial charge is 0.358 e. The molecule has 7 rings (SSSR count). The van der Waals surface area contributed by atoms with E-state index in [1.807, 2.05) is 12.4 Å². The Morgan fingerprint density at radius 3 is 2.84 bits per heavy atom. The van der Waals surface area contributed by atoms with E-state index in [9.17, 15) is 0 Å². The van der Waals surface area contributed by atoms with E-state index in [4.69, 9.17) is 0 Å². The second-order valence-electron chi connectivity index (χ2n) is 11.6. The second kappa shape index (κ2) is 6.21. The maximum Gasteiger partial charge on any atom is 0.182 e. The van der Waals surface area contributed by atoms with Gasteiger partial charge in [-0.2, -0.15) is 0 Å². The number of aromatic nitrogens is 2. The van der Waals surface area contributed by atoms with Crippen molar-refractivity contribution in [1.82, 2.24) is 9.97 Å². The number of nitrogens with one attached hydrogen (secondary N) is 1. The molecule has 5 aliphatic rings. The van der Waals surface area contributed by atoms with Crippen LogP contribution in [0.2, 0.25) is 0 Å². The van der Waals surface area contributed by atoms with E-state index in [-0.39, 0.29) is 0 Å². The molecule has 3 nitrogen and oxygen atoms in total. The first-order valence-electron chi connectivity index (χ1n) is 12.3. The molecule has 0 amide bonds. The van der Waals surface area contributed by atoms with E-state index in [1.54, 1.807) is 16.9 Å². The number of anilines is 1. The highest BCUT2D eigenvalue weighted by atomic mass is 32.1. The molecule has 0 radical (unpaired) electrons. The Balaban J connectivity index is 1.26. The summed E-state index contributed by atoms with van der Waals surface area (Å²) in [6.45, 7) is 5.27. The molecule has 1 spiro atoms. The summed E-state index contributed by atoms with van der Waals surface area (Å²) in [5.41, 5.74) is 4.28. The average molecular weight is 432 g/mol. The highest BCUT2D eigenvalue weighted by Crippen LogP contribution is 2.81. The SMILES string of the molecule is C[C@]12CC[C@H]3[C@@H](CC(Nc4nccs4)C45CC4CC[C@]35C)[C@@H]1CC=C2c1cccnc1. The van der Waals surface area contributed by atoms with Crippen LogP contribution in [0.1, 0.15) is 64.4 Å². The lowest BCUT2D eigenvalue weighted by Gasteiger charge is -2.61. The molecule has 3 unspecified atom stereocenters. The zero-order chi connectivity index (χ0) is 20.8. The van der Waals surface area contributed by atoms with Crippen LogP contribution in [0, 0.1) is 39.9 Å². The molecule has 1 N–H and O–H groups in total. The summed E-state index contributed by atoms with van der Waals surface area (Å²) < 4.78 is 0. The van der Waals surface area contributed by atoms with E-state index in [0.29, 0.717) is 22.3 Å². The van der Waals surface area contributed by atoms with Crippen LogP contribution in [0.3, 0.4) is 0 Å². The van der Waals surface area contributed by atoms with Crippen molar-refractivity contribution in [2.75, 3.05) is 5.32 Å². The first kappa shape index (κ1) is 18.8. The van der Waals surface area contributed by atoms with Crippen LogP contribution in [-0.2, 0) is 0 Å². The van der Waals surface area contributed by atoms with Gasteiger partial charge in [0.2, 0.25) is 0 Å². The summed E-state index contributed by atoms with van der Waals surface area (Å²) in [4.78, 5) is 9.07. The third-order valence-corrected chi connectivity index (χ3v) is 11.6. The van der Waals surface area contributed by atoms with Crippen molar-refractivity contribution < 1.29 is 0 Å². The smallest absolute Gasteiger partial charge is 0.182 e. The van der Waals surface area contributed by atoms with Gasteiger partial charge >= 0.3 is 0 Å². The molecule has 4 saturated carbocycles. The van der Waals surface area contributed by atoms with Gasteiger partial charge in [0.1, 0.15) is 0 Å². The van der Waals surface area contributed by atoms with Crippen molar-refractivity contribution in [2.45, 2.75) is 64.8 Å². The maximum atomic E-state index is 4.62. The summed E-state index contributed by atoms with van der Waals surface area (Å²) >= 11 is 1.77. The molecule has 8 atom stereocenters. The van der Waals surface area contributed by atoms with Gasteiger partial charge in [0.05, 0.1) is 0 Å². The summed E-state index contributed by atoms with van der Waals surface area (Å²) in [6.07, 6.45) is 18.2. The van der Waals surface area contributed by atoms with Crippen LogP contribution in [0.4, 0.5) is 5.13 Å². The van der Waals surface area contributed by atoms with Gasteiger partial charge in [-0.15, -0.1) is 11.3 Å². The lowest BCUT2D eigenvalue weighted by Crippen LogP contribution is -2.57. The van der Waals surface area contributed by atoms with E-state index >= 15 is 0 Å². The predicted molar refractivity (Wildman–Crippen MR) is 127 cm³/mol. The zero-order valence-electron chi connectivity index (χ0n) is 18.7. The fourth-order valence-corrected chi connectivity index (χ4v) is 10.1. The Kier molecular flexibility index (Phi) is 3.78. The molecule has 162 valence electrons. The van der Waals surface area contributed by atoms with Crippen LogP contribution >= 0.6 is 11.3 Å². The zero-order valence-corrected chi connectivity index (χ0v) is 19.5. The van der Waals surface area contributed by atoms with Crippen molar-refractivity contribution in [3.05, 3.63) is 47.7 Å². The Morgan fingerprint density at radius 2 is 2.06 bits per heavy atom. The second-order valence-corrected chi connectivity index (χ2v) is 12.5. The quantitative estimate of drug-likeness (QED) is 0.590. The topological polar surface area (TPSA) is 37.8 Å². The van der Waals surface area contributed by atoms with Crippen LogP contribution < -0.4 is 5.32 Å². The molecule has 4 heteroatoms. The molecule has 2 aromatic rings. The first-order valence-corrected chi connectivity index (χ1v) is 13.2. The standard InChI is InChI=1S/C27H33N3S/c1-25-9-8-22-19(21(25)6-5-20(25)17-4-3-11-28-16-17)14-23(30-24-29-12-13-31-24)27-15-18(27)7-10-26(22,27)2/h3-5,11-13,16,18-19,21-23H,6-10,14-15H2,1-2H3,(H,29,30)/t18?,19-,21-,22-,23?,25+,26+,27?/m0/s1. The fourth-order valence-electron chi connectivity index (χ4n) is 9.53. The monoisotopic (exact) mass is 431 g/mol. The summed E-state index contributed by atoms with van der Waals surface area (Å²) in [6, 6.07) is 4.97. The number of allylic oxidation sites excluding steroid dienone is 2. The third kappa shape index (κ3) is 2.30. The Hall–Kier alpha value is -1.68. The highest BCUT2D eigenvalue weighted by Gasteiger charge is 2.77. The van der Waals surface area contributed by atoms with Gasteiger partial charge in [-0.25, -0.2) is 4.98 Å². The Labute approximate surface area is 189 Å². The van der Waals surface area contributed by atoms with Crippen LogP contribution in [0.5, 0.6) is 0 Å². The molecule has 0 aliphatic heterocycles. The molecule has 0 saturated heterocycles. The average Bonchev–Trinajstić information content (AvgIpc) is 3.06. The van der Waals surface area contributed by atoms with Gasteiger partial charge in [0.15, 0.2) is 5.13 Å². The Morgan fingerprint density at radius 1 is 1.13 bits per heavy atom. The third-order valence-electron chi connectivity index (χ3n) is 10.9. The van der Waals surface area contributed by atoms with Crippen molar-refractivity contribution >= 4 is 22.0 Å². The van der Waals surface area contributed by atoms with Gasteiger partial charge in [0, 0.05) is 30.0 Å². The summed E-state index contributed by atoms with van der Waals surface area (Å²) in [5, 5.41) is 7.24. The minimum absolute atomic E-state index is 0.304. The van der Waals surface area contributed by atoms with Crippen molar-refractivity contribution in [3.63, 3.8) is 0 Å². The molecule has 0 bridgehead atoms. The number of nitrogens with zero attached hydrogens (tertiary/aromatic N) is 2. The minimum atomic E-state index is 0.304. The summed E-state index contributed by atoms with van der Waals surface area (Å²) in [7, 11) is 0. The predicted octanol–water partition coefficient (Wildman–Crippen LogP) is 6.66. The van der Waals surface area contributed by atoms with Gasteiger partial charge in [-0.1, -0.05) is 26.0 Å². The van der Waals surface area contributed by atoms with Crippen molar-refractivity contribution in [3.8, 4) is 0 Å². The molecule has 2 heterocycles. The summed E-state index contributed by atoms with van der Waals surface area (Å²) in [5.74, 6) is 3.44. The molecule has 31 heavy (non-hydrogen) atoms. The lowest BCUT2D eigenvalue weighted by molar-refractivity contribution is -0.0878. The van der Waals surface area contributed by atoms with E-state index in [2.05, 4.69) is 58.9 Å². The molecular weight excluding hydrogens is 398 g/mol. The number of thiazole rings is 1. The molecule has 0 aromatic carbocycles. The van der Waals surface area contributed by atoms with E-state index < -0.39 is 0 Å². The normalized spacial score (nSPS) is 47.0. The number of hydrogen-bond donors (Lipinski definition) is 1. The minimum Gasteiger partial charge on any atom is -0.358 e. The van der Waals surface area contributed by atoms with Gasteiger partial charge in [-0.3, -0.25) is 4.98 Å². The van der Waals surface area contributed by atoms with Crippen LogP contribution in [0.15, 0.2) is 42.2 Å². The maximum absolute atomic E-state index is 4.62.